The largest absolute Gasteiger partial charge is 0.478 e. The fraction of sp³-hybridized carbons (Fsp3) is 0.667. The lowest BCUT2D eigenvalue weighted by Gasteiger charge is -2.15. The van der Waals surface area contributed by atoms with Crippen molar-refractivity contribution in [1.29, 1.82) is 0 Å². The number of hydrogen-bond donors (Lipinski definition) is 1. The van der Waals surface area contributed by atoms with Gasteiger partial charge in [-0.1, -0.05) is 0 Å². The Morgan fingerprint density at radius 1 is 1.30 bits per heavy atom. The van der Waals surface area contributed by atoms with Gasteiger partial charge in [0.05, 0.1) is 0 Å². The van der Waals surface area contributed by atoms with Crippen molar-refractivity contribution >= 4 is 21.9 Å². The SMILES string of the molecule is O=C(O)C(F)(Br)C(F)(F)F. The highest BCUT2D eigenvalue weighted by atomic mass is 79.9. The molecule has 0 aromatic carbocycles. The van der Waals surface area contributed by atoms with Gasteiger partial charge in [-0.3, -0.25) is 0 Å². The molecular formula is C3HBrF4O2. The molecule has 0 aliphatic carbocycles. The fourth-order valence-electron chi connectivity index (χ4n) is 0.121. The van der Waals surface area contributed by atoms with Crippen molar-refractivity contribution < 1.29 is 27.5 Å². The van der Waals surface area contributed by atoms with Gasteiger partial charge in [0.15, 0.2) is 0 Å². The van der Waals surface area contributed by atoms with E-state index in [9.17, 15) is 22.4 Å². The Hall–Kier alpha value is -0.330. The van der Waals surface area contributed by atoms with E-state index >= 15 is 0 Å². The Morgan fingerprint density at radius 3 is 1.60 bits per heavy atom. The van der Waals surface area contributed by atoms with E-state index in [0.29, 0.717) is 0 Å². The molecule has 60 valence electrons. The average Bonchev–Trinajstić information content (AvgIpc) is 1.62. The minimum atomic E-state index is -5.43. The molecular weight excluding hydrogens is 224 g/mol. The first-order chi connectivity index (χ1) is 4.19. The Bertz CT molecular complexity index is 151. The zero-order chi connectivity index (χ0) is 8.58. The number of rotatable bonds is 1. The smallest absolute Gasteiger partial charge is 0.444 e. The molecule has 1 N–H and O–H groups in total. The molecule has 0 bridgehead atoms. The van der Waals surface area contributed by atoms with Gasteiger partial charge in [0.25, 0.3) is 0 Å². The van der Waals surface area contributed by atoms with Crippen LogP contribution in [0.15, 0.2) is 0 Å². The van der Waals surface area contributed by atoms with Crippen LogP contribution in [0.5, 0.6) is 0 Å². The number of carboxylic acids is 1. The molecule has 0 heterocycles. The standard InChI is InChI=1S/C3HBrF4O2/c4-2(5,1(9)10)3(6,7)8/h(H,9,10). The Kier molecular flexibility index (Phi) is 2.29. The van der Waals surface area contributed by atoms with E-state index in [1.807, 2.05) is 0 Å². The molecule has 0 saturated heterocycles. The summed E-state index contributed by atoms with van der Waals surface area (Å²) in [5.74, 6) is -2.61. The maximum Gasteiger partial charge on any atom is 0.444 e. The van der Waals surface area contributed by atoms with Crippen molar-refractivity contribution in [2.75, 3.05) is 0 Å². The molecule has 1 atom stereocenters. The number of alkyl halides is 5. The van der Waals surface area contributed by atoms with Crippen LogP contribution in [0.25, 0.3) is 0 Å². The number of halogens is 5. The predicted molar refractivity (Wildman–Crippen MR) is 26.5 cm³/mol. The van der Waals surface area contributed by atoms with Crippen molar-refractivity contribution in [2.24, 2.45) is 0 Å². The van der Waals surface area contributed by atoms with Gasteiger partial charge < -0.3 is 5.11 Å². The lowest BCUT2D eigenvalue weighted by molar-refractivity contribution is -0.205. The lowest BCUT2D eigenvalue weighted by Crippen LogP contribution is -2.42. The van der Waals surface area contributed by atoms with Crippen LogP contribution < -0.4 is 0 Å². The van der Waals surface area contributed by atoms with Gasteiger partial charge in [0.2, 0.25) is 0 Å². The van der Waals surface area contributed by atoms with Crippen LogP contribution in [-0.4, -0.2) is 21.8 Å². The zero-order valence-corrected chi connectivity index (χ0v) is 5.83. The molecule has 0 aliphatic rings. The summed E-state index contributed by atoms with van der Waals surface area (Å²) in [5.41, 5.74) is 0. The normalized spacial score (nSPS) is 18.1. The van der Waals surface area contributed by atoms with Gasteiger partial charge in [-0.15, -0.1) is 0 Å². The van der Waals surface area contributed by atoms with Crippen LogP contribution in [0.2, 0.25) is 0 Å². The summed E-state index contributed by atoms with van der Waals surface area (Å²) in [6.07, 6.45) is -5.43. The molecule has 2 nitrogen and oxygen atoms in total. The minimum Gasteiger partial charge on any atom is -0.478 e. The fourth-order valence-corrected chi connectivity index (χ4v) is 0.121. The molecule has 0 aliphatic heterocycles. The summed E-state index contributed by atoms with van der Waals surface area (Å²) in [4.78, 5) is 9.53. The van der Waals surface area contributed by atoms with Crippen LogP contribution in [0, 0.1) is 0 Å². The Labute approximate surface area is 61.0 Å². The van der Waals surface area contributed by atoms with Gasteiger partial charge in [-0.2, -0.15) is 13.2 Å². The van der Waals surface area contributed by atoms with Crippen LogP contribution in [0.3, 0.4) is 0 Å². The summed E-state index contributed by atoms with van der Waals surface area (Å²) in [5, 5.41) is 7.64. The molecule has 1 unspecified atom stereocenters. The second-order valence-electron chi connectivity index (χ2n) is 1.38. The third-order valence-corrected chi connectivity index (χ3v) is 1.41. The molecule has 0 fully saturated rings. The van der Waals surface area contributed by atoms with Gasteiger partial charge >= 0.3 is 16.7 Å². The van der Waals surface area contributed by atoms with E-state index < -0.39 is 16.7 Å². The minimum absolute atomic E-state index is 1.38. The van der Waals surface area contributed by atoms with Gasteiger partial charge in [0.1, 0.15) is 0 Å². The molecule has 0 aromatic rings. The van der Waals surface area contributed by atoms with Gasteiger partial charge in [-0.05, 0) is 15.9 Å². The van der Waals surface area contributed by atoms with Crippen molar-refractivity contribution in [3.63, 3.8) is 0 Å². The predicted octanol–water partition coefficient (Wildman–Crippen LogP) is 1.69. The highest BCUT2D eigenvalue weighted by Gasteiger charge is 2.60. The number of carboxylic acid groups (broad SMARTS) is 1. The number of carbonyl (C=O) groups is 1. The summed E-state index contributed by atoms with van der Waals surface area (Å²) < 4.78 is 41.4. The van der Waals surface area contributed by atoms with Crippen molar-refractivity contribution in [2.45, 2.75) is 10.8 Å². The molecule has 0 radical (unpaired) electrons. The first kappa shape index (κ1) is 9.67. The van der Waals surface area contributed by atoms with Gasteiger partial charge in [-0.25, -0.2) is 9.18 Å². The van der Waals surface area contributed by atoms with E-state index in [-0.39, 0.29) is 0 Å². The zero-order valence-electron chi connectivity index (χ0n) is 4.25. The van der Waals surface area contributed by atoms with Crippen LogP contribution in [0.1, 0.15) is 0 Å². The molecule has 7 heteroatoms. The average molecular weight is 225 g/mol. The quantitative estimate of drug-likeness (QED) is 0.544. The Morgan fingerprint density at radius 2 is 1.60 bits per heavy atom. The number of hydrogen-bond acceptors (Lipinski definition) is 1. The van der Waals surface area contributed by atoms with Crippen molar-refractivity contribution in [3.8, 4) is 0 Å². The first-order valence-corrected chi connectivity index (χ1v) is 2.67. The van der Waals surface area contributed by atoms with E-state index in [1.54, 1.807) is 0 Å². The second kappa shape index (κ2) is 2.37. The monoisotopic (exact) mass is 224 g/mol. The summed E-state index contributed by atoms with van der Waals surface area (Å²) in [6.45, 7) is 0. The highest BCUT2D eigenvalue weighted by Crippen LogP contribution is 2.39. The summed E-state index contributed by atoms with van der Waals surface area (Å²) in [6, 6.07) is 0. The van der Waals surface area contributed by atoms with E-state index in [2.05, 4.69) is 0 Å². The van der Waals surface area contributed by atoms with E-state index in [0.717, 1.165) is 0 Å². The molecule has 0 aromatic heterocycles. The second-order valence-corrected chi connectivity index (χ2v) is 2.47. The Balaban J connectivity index is 4.57. The van der Waals surface area contributed by atoms with Crippen LogP contribution >= 0.6 is 15.9 Å². The maximum atomic E-state index is 11.9. The van der Waals surface area contributed by atoms with Crippen molar-refractivity contribution in [1.82, 2.24) is 0 Å². The molecule has 0 saturated carbocycles. The summed E-state index contributed by atoms with van der Waals surface area (Å²) in [7, 11) is 0. The topological polar surface area (TPSA) is 37.3 Å². The van der Waals surface area contributed by atoms with E-state index in [1.165, 1.54) is 15.9 Å². The third-order valence-electron chi connectivity index (χ3n) is 0.625. The highest BCUT2D eigenvalue weighted by molar-refractivity contribution is 9.10. The lowest BCUT2D eigenvalue weighted by atomic mass is 10.4. The van der Waals surface area contributed by atoms with Crippen LogP contribution in [-0.2, 0) is 4.79 Å². The number of aliphatic carboxylic acids is 1. The third kappa shape index (κ3) is 1.59. The first-order valence-electron chi connectivity index (χ1n) is 1.87. The maximum absolute atomic E-state index is 11.9. The summed E-state index contributed by atoms with van der Waals surface area (Å²) >= 11 is 1.38. The molecule has 0 amide bonds. The van der Waals surface area contributed by atoms with Crippen molar-refractivity contribution in [3.05, 3.63) is 0 Å². The molecule has 0 spiro atoms. The van der Waals surface area contributed by atoms with E-state index in [4.69, 9.17) is 5.11 Å². The molecule has 0 rings (SSSR count). The van der Waals surface area contributed by atoms with Gasteiger partial charge in [0, 0.05) is 0 Å². The molecule has 10 heavy (non-hydrogen) atoms. The van der Waals surface area contributed by atoms with Crippen LogP contribution in [0.4, 0.5) is 17.6 Å².